The van der Waals surface area contributed by atoms with E-state index in [-0.39, 0.29) is 24.7 Å². The van der Waals surface area contributed by atoms with Crippen LogP contribution in [0.15, 0.2) is 72.8 Å². The lowest BCUT2D eigenvalue weighted by molar-refractivity contribution is -0.137. The molecule has 5 N–H and O–H groups in total. The first-order valence-corrected chi connectivity index (χ1v) is 15.9. The Balaban J connectivity index is 1.27. The minimum atomic E-state index is -0.805. The summed E-state index contributed by atoms with van der Waals surface area (Å²) in [5, 5.41) is 17.0. The van der Waals surface area contributed by atoms with Crippen molar-refractivity contribution in [2.45, 2.75) is 64.3 Å². The van der Waals surface area contributed by atoms with E-state index >= 15 is 0 Å². The zero-order chi connectivity index (χ0) is 32.5. The van der Waals surface area contributed by atoms with Crippen LogP contribution in [0.3, 0.4) is 0 Å². The first kappa shape index (κ1) is 32.3. The van der Waals surface area contributed by atoms with E-state index in [2.05, 4.69) is 44.9 Å². The third kappa shape index (κ3) is 7.96. The van der Waals surface area contributed by atoms with Gasteiger partial charge in [0.25, 0.3) is 0 Å². The second-order valence-corrected chi connectivity index (χ2v) is 11.7. The highest BCUT2D eigenvalue weighted by Gasteiger charge is 2.22. The van der Waals surface area contributed by atoms with Crippen LogP contribution in [0.2, 0.25) is 0 Å². The minimum absolute atomic E-state index is 0.122. The summed E-state index contributed by atoms with van der Waals surface area (Å²) in [6.45, 7) is 2.34. The molecule has 240 valence electrons. The molecule has 5 aromatic rings. The molecule has 2 amide bonds. The Morgan fingerprint density at radius 3 is 2.37 bits per heavy atom. The molecule has 2 heterocycles. The van der Waals surface area contributed by atoms with E-state index in [1.54, 1.807) is 7.11 Å². The molecular formula is C37H42N4O5. The molecule has 1 atom stereocenters. The van der Waals surface area contributed by atoms with Crippen molar-refractivity contribution >= 4 is 39.6 Å². The number of aryl methyl sites for hydroxylation is 1. The molecule has 3 aromatic carbocycles. The molecule has 0 bridgehead atoms. The standard InChI is InChI=1S/C37H42N4O5/c1-24-29(30-22-26(46-2)18-19-32(30)39-24)23-34(42)40-33(16-8-3-4-9-17-35(43)44)37(45)38-21-20-28-27-14-10-11-15-31(27)41-36(28)25-12-6-5-7-13-25/h5-7,10-15,18-19,22,33,39,41H,3-4,8-9,16-17,20-21,23H2,1-2H3,(H,38,45)(H,40,42)(H,43,44)/t33-/m0/s1. The van der Waals surface area contributed by atoms with E-state index in [1.165, 1.54) is 0 Å². The number of carboxylic acid groups (broad SMARTS) is 1. The van der Waals surface area contributed by atoms with E-state index in [4.69, 9.17) is 9.84 Å². The van der Waals surface area contributed by atoms with Crippen molar-refractivity contribution in [2.75, 3.05) is 13.7 Å². The molecular weight excluding hydrogens is 580 g/mol. The fraction of sp³-hybridized carbons (Fsp3) is 0.324. The van der Waals surface area contributed by atoms with Gasteiger partial charge in [0.2, 0.25) is 11.8 Å². The van der Waals surface area contributed by atoms with Gasteiger partial charge in [0.1, 0.15) is 11.8 Å². The van der Waals surface area contributed by atoms with Crippen molar-refractivity contribution in [3.05, 3.63) is 89.6 Å². The summed E-state index contributed by atoms with van der Waals surface area (Å²) in [4.78, 5) is 44.7. The van der Waals surface area contributed by atoms with Gasteiger partial charge in [-0.25, -0.2) is 0 Å². The zero-order valence-electron chi connectivity index (χ0n) is 26.4. The van der Waals surface area contributed by atoms with Crippen LogP contribution >= 0.6 is 0 Å². The Morgan fingerprint density at radius 2 is 1.59 bits per heavy atom. The van der Waals surface area contributed by atoms with Crippen molar-refractivity contribution < 1.29 is 24.2 Å². The SMILES string of the molecule is COc1ccc2[nH]c(C)c(CC(=O)N[C@@H](CCCCCCC(=O)O)C(=O)NCCc3c(-c4ccccc4)[nH]c4ccccc34)c2c1. The van der Waals surface area contributed by atoms with Crippen molar-refractivity contribution in [1.29, 1.82) is 0 Å². The van der Waals surface area contributed by atoms with Crippen LogP contribution in [0.5, 0.6) is 5.75 Å². The predicted octanol–water partition coefficient (Wildman–Crippen LogP) is 6.44. The molecule has 0 saturated heterocycles. The van der Waals surface area contributed by atoms with Crippen LogP contribution in [0, 0.1) is 6.92 Å². The normalized spacial score (nSPS) is 11.9. The monoisotopic (exact) mass is 622 g/mol. The maximum Gasteiger partial charge on any atom is 0.303 e. The van der Waals surface area contributed by atoms with Gasteiger partial charge in [-0.1, -0.05) is 67.8 Å². The minimum Gasteiger partial charge on any atom is -0.497 e. The molecule has 2 aromatic heterocycles. The lowest BCUT2D eigenvalue weighted by atomic mass is 10.0. The molecule has 0 unspecified atom stereocenters. The smallest absolute Gasteiger partial charge is 0.303 e. The molecule has 0 aliphatic rings. The number of aromatic nitrogens is 2. The van der Waals surface area contributed by atoms with Gasteiger partial charge in [-0.3, -0.25) is 14.4 Å². The van der Waals surface area contributed by atoms with Crippen LogP contribution in [-0.4, -0.2) is 52.6 Å². The van der Waals surface area contributed by atoms with E-state index in [0.717, 1.165) is 62.7 Å². The average Bonchev–Trinajstić information content (AvgIpc) is 3.58. The Hall–Kier alpha value is -5.05. The van der Waals surface area contributed by atoms with E-state index in [9.17, 15) is 14.4 Å². The molecule has 0 spiro atoms. The highest BCUT2D eigenvalue weighted by Crippen LogP contribution is 2.31. The Labute approximate surface area is 268 Å². The first-order chi connectivity index (χ1) is 22.3. The number of H-pyrrole nitrogens is 2. The van der Waals surface area contributed by atoms with Gasteiger partial charge in [-0.05, 0) is 67.1 Å². The van der Waals surface area contributed by atoms with Gasteiger partial charge >= 0.3 is 5.97 Å². The number of aromatic amines is 2. The van der Waals surface area contributed by atoms with Crippen LogP contribution in [0.25, 0.3) is 33.1 Å². The topological polar surface area (TPSA) is 136 Å². The van der Waals surface area contributed by atoms with Crippen molar-refractivity contribution in [3.8, 4) is 17.0 Å². The average molecular weight is 623 g/mol. The molecule has 0 aliphatic heterocycles. The number of carbonyl (C=O) groups is 3. The number of unbranched alkanes of at least 4 members (excludes halogenated alkanes) is 3. The van der Waals surface area contributed by atoms with Gasteiger partial charge in [0.05, 0.1) is 13.5 Å². The van der Waals surface area contributed by atoms with Crippen molar-refractivity contribution in [1.82, 2.24) is 20.6 Å². The van der Waals surface area contributed by atoms with E-state index in [1.807, 2.05) is 55.5 Å². The van der Waals surface area contributed by atoms with Crippen LogP contribution < -0.4 is 15.4 Å². The number of aliphatic carboxylic acids is 1. The number of hydrogen-bond donors (Lipinski definition) is 5. The quantitative estimate of drug-likeness (QED) is 0.0807. The molecule has 0 radical (unpaired) electrons. The van der Waals surface area contributed by atoms with Crippen molar-refractivity contribution in [3.63, 3.8) is 0 Å². The van der Waals surface area contributed by atoms with E-state index < -0.39 is 12.0 Å². The molecule has 0 fully saturated rings. The number of benzene rings is 3. The highest BCUT2D eigenvalue weighted by molar-refractivity contribution is 5.94. The van der Waals surface area contributed by atoms with Gasteiger partial charge in [0.15, 0.2) is 0 Å². The number of amides is 2. The van der Waals surface area contributed by atoms with Gasteiger partial charge in [-0.2, -0.15) is 0 Å². The number of hydrogen-bond acceptors (Lipinski definition) is 4. The van der Waals surface area contributed by atoms with Crippen LogP contribution in [-0.2, 0) is 27.2 Å². The molecule has 9 nitrogen and oxygen atoms in total. The highest BCUT2D eigenvalue weighted by atomic mass is 16.5. The maximum atomic E-state index is 13.6. The van der Waals surface area contributed by atoms with Gasteiger partial charge in [-0.15, -0.1) is 0 Å². The molecule has 46 heavy (non-hydrogen) atoms. The Kier molecular flexibility index (Phi) is 10.8. The predicted molar refractivity (Wildman–Crippen MR) is 181 cm³/mol. The number of nitrogens with one attached hydrogen (secondary N) is 4. The summed E-state index contributed by atoms with van der Waals surface area (Å²) in [6.07, 6.45) is 4.17. The Bertz CT molecular complexity index is 1810. The second kappa shape index (κ2) is 15.3. The van der Waals surface area contributed by atoms with Crippen molar-refractivity contribution in [2.24, 2.45) is 0 Å². The number of carbonyl (C=O) groups excluding carboxylic acids is 2. The van der Waals surface area contributed by atoms with Crippen LogP contribution in [0.4, 0.5) is 0 Å². The summed E-state index contributed by atoms with van der Waals surface area (Å²) >= 11 is 0. The Morgan fingerprint density at radius 1 is 0.848 bits per heavy atom. The van der Waals surface area contributed by atoms with Crippen LogP contribution in [0.1, 0.15) is 55.3 Å². The number of rotatable bonds is 16. The fourth-order valence-electron chi connectivity index (χ4n) is 6.11. The molecule has 5 rings (SSSR count). The number of para-hydroxylation sites is 1. The number of carboxylic acids is 1. The molecule has 9 heteroatoms. The summed E-state index contributed by atoms with van der Waals surface area (Å²) in [5.74, 6) is -0.558. The lowest BCUT2D eigenvalue weighted by Gasteiger charge is -2.19. The zero-order valence-corrected chi connectivity index (χ0v) is 26.4. The number of methoxy groups -OCH3 is 1. The van der Waals surface area contributed by atoms with Gasteiger partial charge in [0, 0.05) is 46.2 Å². The summed E-state index contributed by atoms with van der Waals surface area (Å²) in [5.41, 5.74) is 6.97. The third-order valence-corrected chi connectivity index (χ3v) is 8.50. The fourth-order valence-corrected chi connectivity index (χ4v) is 6.11. The van der Waals surface area contributed by atoms with Gasteiger partial charge < -0.3 is 30.4 Å². The third-order valence-electron chi connectivity index (χ3n) is 8.50. The molecule has 0 aliphatic carbocycles. The largest absolute Gasteiger partial charge is 0.497 e. The van der Waals surface area contributed by atoms with E-state index in [0.29, 0.717) is 38.0 Å². The lowest BCUT2D eigenvalue weighted by Crippen LogP contribution is -2.47. The second-order valence-electron chi connectivity index (χ2n) is 11.7. The summed E-state index contributed by atoms with van der Waals surface area (Å²) in [7, 11) is 1.61. The number of fused-ring (bicyclic) bond motifs is 2. The molecule has 0 saturated carbocycles. The summed E-state index contributed by atoms with van der Waals surface area (Å²) < 4.78 is 5.39. The maximum absolute atomic E-state index is 13.6. The number of ether oxygens (including phenoxy) is 1. The summed E-state index contributed by atoms with van der Waals surface area (Å²) in [6, 6.07) is 23.3. The first-order valence-electron chi connectivity index (χ1n) is 15.9.